The third kappa shape index (κ3) is 5.00. The molecule has 0 spiro atoms. The van der Waals surface area contributed by atoms with E-state index in [0.29, 0.717) is 18.1 Å². The summed E-state index contributed by atoms with van der Waals surface area (Å²) in [6, 6.07) is 7.94. The summed E-state index contributed by atoms with van der Waals surface area (Å²) in [5.74, 6) is 0.267. The molecular weight excluding hydrogens is 248 g/mol. The number of carbonyl (C=O) groups excluding carboxylic acids is 1. The summed E-state index contributed by atoms with van der Waals surface area (Å²) in [4.78, 5) is 11.4. The molecule has 0 fully saturated rings. The summed E-state index contributed by atoms with van der Waals surface area (Å²) in [6.07, 6.45) is 0. The maximum absolute atomic E-state index is 11.9. The van der Waals surface area contributed by atoms with Crippen LogP contribution in [0.3, 0.4) is 0 Å². The average molecular weight is 268 g/mol. The molecule has 18 heavy (non-hydrogen) atoms. The van der Waals surface area contributed by atoms with Gasteiger partial charge in [-0.05, 0) is 19.4 Å². The molecule has 1 rings (SSSR count). The molecule has 1 aromatic rings. The molecule has 4 heteroatoms. The summed E-state index contributed by atoms with van der Waals surface area (Å²) < 4.78 is 16.8. The molecule has 0 saturated heterocycles. The van der Waals surface area contributed by atoms with Gasteiger partial charge in [0.1, 0.15) is 0 Å². The summed E-state index contributed by atoms with van der Waals surface area (Å²) in [5, 5.41) is 0. The standard InChI is InChI=1S/C14H20O3S/c1-4-17-14(15)12(3)9-18(16)10-13-7-5-6-11(2)8-13/h5-8,12H,4,9-10H2,1-3H3. The monoisotopic (exact) mass is 268 g/mol. The van der Waals surface area contributed by atoms with Crippen LogP contribution in [-0.2, 0) is 26.1 Å². The summed E-state index contributed by atoms with van der Waals surface area (Å²) in [7, 11) is -1.03. The average Bonchev–Trinajstić information content (AvgIpc) is 2.28. The molecule has 0 N–H and O–H groups in total. The summed E-state index contributed by atoms with van der Waals surface area (Å²) in [6.45, 7) is 5.90. The van der Waals surface area contributed by atoms with Crippen molar-refractivity contribution in [2.24, 2.45) is 5.92 Å². The zero-order chi connectivity index (χ0) is 13.5. The highest BCUT2D eigenvalue weighted by atomic mass is 32.2. The van der Waals surface area contributed by atoms with Gasteiger partial charge in [-0.2, -0.15) is 0 Å². The van der Waals surface area contributed by atoms with Crippen LogP contribution in [0.15, 0.2) is 24.3 Å². The van der Waals surface area contributed by atoms with Gasteiger partial charge in [0.25, 0.3) is 0 Å². The van der Waals surface area contributed by atoms with Crippen LogP contribution in [0.5, 0.6) is 0 Å². The van der Waals surface area contributed by atoms with Crippen molar-refractivity contribution < 1.29 is 13.7 Å². The third-order valence-electron chi connectivity index (χ3n) is 2.53. The molecule has 2 unspecified atom stereocenters. The highest BCUT2D eigenvalue weighted by Gasteiger charge is 2.17. The van der Waals surface area contributed by atoms with Crippen LogP contribution in [0.2, 0.25) is 0 Å². The highest BCUT2D eigenvalue weighted by molar-refractivity contribution is 7.84. The maximum Gasteiger partial charge on any atom is 0.309 e. The Hall–Kier alpha value is -1.16. The van der Waals surface area contributed by atoms with Gasteiger partial charge in [0.05, 0.1) is 12.5 Å². The molecule has 2 atom stereocenters. The van der Waals surface area contributed by atoms with Gasteiger partial charge in [-0.25, -0.2) is 0 Å². The molecule has 1 aromatic carbocycles. The number of hydrogen-bond donors (Lipinski definition) is 0. The van der Waals surface area contributed by atoms with E-state index in [1.165, 1.54) is 0 Å². The Morgan fingerprint density at radius 3 is 2.78 bits per heavy atom. The van der Waals surface area contributed by atoms with Gasteiger partial charge in [-0.15, -0.1) is 0 Å². The molecule has 0 aliphatic heterocycles. The first-order valence-corrected chi connectivity index (χ1v) is 7.59. The maximum atomic E-state index is 11.9. The molecule has 100 valence electrons. The Labute approximate surface area is 111 Å². The third-order valence-corrected chi connectivity index (χ3v) is 4.06. The number of hydrogen-bond acceptors (Lipinski definition) is 3. The van der Waals surface area contributed by atoms with Crippen molar-refractivity contribution in [1.82, 2.24) is 0 Å². The molecular formula is C14H20O3S. The van der Waals surface area contributed by atoms with E-state index < -0.39 is 10.8 Å². The number of rotatable bonds is 6. The largest absolute Gasteiger partial charge is 0.466 e. The number of benzene rings is 1. The van der Waals surface area contributed by atoms with Crippen molar-refractivity contribution in [2.75, 3.05) is 12.4 Å². The minimum Gasteiger partial charge on any atom is -0.466 e. The van der Waals surface area contributed by atoms with Gasteiger partial charge in [0.15, 0.2) is 0 Å². The second-order valence-electron chi connectivity index (χ2n) is 4.39. The lowest BCUT2D eigenvalue weighted by atomic mass is 10.2. The van der Waals surface area contributed by atoms with E-state index in [-0.39, 0.29) is 11.9 Å². The molecule has 3 nitrogen and oxygen atoms in total. The molecule has 0 aliphatic rings. The predicted molar refractivity (Wildman–Crippen MR) is 73.7 cm³/mol. The number of esters is 1. The van der Waals surface area contributed by atoms with Crippen LogP contribution < -0.4 is 0 Å². The smallest absolute Gasteiger partial charge is 0.309 e. The van der Waals surface area contributed by atoms with Crippen molar-refractivity contribution in [3.8, 4) is 0 Å². The normalized spacial score (nSPS) is 13.9. The van der Waals surface area contributed by atoms with Gasteiger partial charge in [0, 0.05) is 22.3 Å². The molecule has 0 aromatic heterocycles. The second kappa shape index (κ2) is 7.31. The number of carbonyl (C=O) groups is 1. The van der Waals surface area contributed by atoms with E-state index in [9.17, 15) is 9.00 Å². The lowest BCUT2D eigenvalue weighted by Gasteiger charge is -2.10. The van der Waals surface area contributed by atoms with Crippen LogP contribution in [0.25, 0.3) is 0 Å². The van der Waals surface area contributed by atoms with Crippen LogP contribution in [0, 0.1) is 12.8 Å². The van der Waals surface area contributed by atoms with E-state index in [1.807, 2.05) is 31.2 Å². The van der Waals surface area contributed by atoms with E-state index >= 15 is 0 Å². The first kappa shape index (κ1) is 14.9. The van der Waals surface area contributed by atoms with Crippen LogP contribution in [0.4, 0.5) is 0 Å². The Morgan fingerprint density at radius 2 is 2.17 bits per heavy atom. The molecule has 0 bridgehead atoms. The minimum absolute atomic E-state index is 0.268. The quantitative estimate of drug-likeness (QED) is 0.744. The zero-order valence-electron chi connectivity index (χ0n) is 11.1. The van der Waals surface area contributed by atoms with Crippen molar-refractivity contribution in [1.29, 1.82) is 0 Å². The van der Waals surface area contributed by atoms with Crippen LogP contribution in [0.1, 0.15) is 25.0 Å². The van der Waals surface area contributed by atoms with Gasteiger partial charge >= 0.3 is 5.97 Å². The molecule has 0 saturated carbocycles. The molecule has 0 amide bonds. The molecule has 0 radical (unpaired) electrons. The topological polar surface area (TPSA) is 43.4 Å². The van der Waals surface area contributed by atoms with Crippen molar-refractivity contribution >= 4 is 16.8 Å². The SMILES string of the molecule is CCOC(=O)C(C)CS(=O)Cc1cccc(C)c1. The molecule has 0 aliphatic carbocycles. The second-order valence-corrected chi connectivity index (χ2v) is 5.89. The Balaban J connectivity index is 2.49. The minimum atomic E-state index is -1.03. The number of aryl methyl sites for hydroxylation is 1. The Morgan fingerprint density at radius 1 is 1.44 bits per heavy atom. The van der Waals surface area contributed by atoms with Crippen molar-refractivity contribution in [3.05, 3.63) is 35.4 Å². The van der Waals surface area contributed by atoms with E-state index in [4.69, 9.17) is 4.74 Å². The first-order chi connectivity index (χ1) is 8.52. The fraction of sp³-hybridized carbons (Fsp3) is 0.500. The fourth-order valence-electron chi connectivity index (χ4n) is 1.68. The van der Waals surface area contributed by atoms with E-state index in [1.54, 1.807) is 13.8 Å². The lowest BCUT2D eigenvalue weighted by molar-refractivity contribution is -0.146. The first-order valence-electron chi connectivity index (χ1n) is 6.10. The lowest BCUT2D eigenvalue weighted by Crippen LogP contribution is -2.21. The Kier molecular flexibility index (Phi) is 6.05. The van der Waals surface area contributed by atoms with Crippen molar-refractivity contribution in [2.45, 2.75) is 26.5 Å². The van der Waals surface area contributed by atoms with Gasteiger partial charge < -0.3 is 4.74 Å². The summed E-state index contributed by atoms with van der Waals surface area (Å²) >= 11 is 0. The van der Waals surface area contributed by atoms with Gasteiger partial charge in [0.2, 0.25) is 0 Å². The Bertz CT molecular complexity index is 429. The summed E-state index contributed by atoms with van der Waals surface area (Å²) in [5.41, 5.74) is 2.20. The van der Waals surface area contributed by atoms with Gasteiger partial charge in [-0.1, -0.05) is 36.8 Å². The van der Waals surface area contributed by atoms with E-state index in [0.717, 1.165) is 11.1 Å². The van der Waals surface area contributed by atoms with Crippen LogP contribution in [-0.4, -0.2) is 22.5 Å². The predicted octanol–water partition coefficient (Wildman–Crippen LogP) is 2.44. The highest BCUT2D eigenvalue weighted by Crippen LogP contribution is 2.09. The molecule has 0 heterocycles. The van der Waals surface area contributed by atoms with Crippen molar-refractivity contribution in [3.63, 3.8) is 0 Å². The fourth-order valence-corrected chi connectivity index (χ4v) is 3.04. The van der Waals surface area contributed by atoms with E-state index in [2.05, 4.69) is 0 Å². The van der Waals surface area contributed by atoms with Crippen LogP contribution >= 0.6 is 0 Å². The van der Waals surface area contributed by atoms with Gasteiger partial charge in [-0.3, -0.25) is 9.00 Å². The zero-order valence-corrected chi connectivity index (χ0v) is 12.0. The number of ether oxygens (including phenoxy) is 1.